The number of nitrogens with zero attached hydrogens (tertiary/aromatic N) is 2. The van der Waals surface area contributed by atoms with Crippen LogP contribution in [0.3, 0.4) is 0 Å². The summed E-state index contributed by atoms with van der Waals surface area (Å²) in [5.41, 5.74) is 1.93. The Hall–Kier alpha value is -3.26. The van der Waals surface area contributed by atoms with Gasteiger partial charge in [-0.3, -0.25) is 9.59 Å². The van der Waals surface area contributed by atoms with Crippen LogP contribution in [0.4, 0.5) is 0 Å². The average Bonchev–Trinajstić information content (AvgIpc) is 2.89. The Bertz CT molecular complexity index is 1020. The van der Waals surface area contributed by atoms with Crippen LogP contribution in [0.15, 0.2) is 36.4 Å². The first-order chi connectivity index (χ1) is 16.9. The van der Waals surface area contributed by atoms with Crippen molar-refractivity contribution in [3.8, 4) is 17.2 Å². The molecular weight excluding hydrogens is 446 g/mol. The van der Waals surface area contributed by atoms with E-state index in [1.165, 1.54) is 7.11 Å². The Kier molecular flexibility index (Phi) is 8.98. The molecule has 0 aliphatic carbocycles. The first-order valence-corrected chi connectivity index (χ1v) is 12.1. The second-order valence-electron chi connectivity index (χ2n) is 8.58. The van der Waals surface area contributed by atoms with Crippen molar-refractivity contribution in [2.24, 2.45) is 0 Å². The van der Waals surface area contributed by atoms with Gasteiger partial charge < -0.3 is 29.3 Å². The van der Waals surface area contributed by atoms with Crippen LogP contribution in [0.25, 0.3) is 0 Å². The van der Waals surface area contributed by atoms with Crippen LogP contribution in [-0.4, -0.2) is 76.2 Å². The standard InChI is InChI=1S/C27H37N3O5/c1-7-30(8-2)15-9-14-28-26(31)24-20-16-22(34-5)23(35-6)17-21(20)27(32)29(3)25(24)18-10-12-19(33-4)13-11-18/h10-13,16-17,24-25H,7-9,14-15H2,1-6H3,(H,28,31)/t24-,25+/m0/s1. The molecule has 0 radical (unpaired) electrons. The molecule has 8 nitrogen and oxygen atoms in total. The quantitative estimate of drug-likeness (QED) is 0.493. The Morgan fingerprint density at radius 2 is 1.63 bits per heavy atom. The molecule has 2 atom stereocenters. The molecule has 0 bridgehead atoms. The lowest BCUT2D eigenvalue weighted by Gasteiger charge is -2.40. The summed E-state index contributed by atoms with van der Waals surface area (Å²) in [5, 5.41) is 3.12. The van der Waals surface area contributed by atoms with Crippen molar-refractivity contribution in [2.75, 3.05) is 54.6 Å². The summed E-state index contributed by atoms with van der Waals surface area (Å²) >= 11 is 0. The summed E-state index contributed by atoms with van der Waals surface area (Å²) in [6.45, 7) is 7.70. The number of fused-ring (bicyclic) bond motifs is 1. The SMILES string of the molecule is CCN(CC)CCCNC(=O)[C@H]1c2cc(OC)c(OC)cc2C(=O)N(C)[C@@H]1c1ccc(OC)cc1. The van der Waals surface area contributed by atoms with Gasteiger partial charge in [-0.1, -0.05) is 26.0 Å². The Morgan fingerprint density at radius 1 is 1.00 bits per heavy atom. The molecule has 0 fully saturated rings. The maximum absolute atomic E-state index is 13.7. The van der Waals surface area contributed by atoms with E-state index in [2.05, 4.69) is 24.1 Å². The van der Waals surface area contributed by atoms with E-state index in [4.69, 9.17) is 14.2 Å². The van der Waals surface area contributed by atoms with E-state index >= 15 is 0 Å². The highest BCUT2D eigenvalue weighted by Crippen LogP contribution is 2.45. The molecule has 0 spiro atoms. The number of carbonyl (C=O) groups is 2. The summed E-state index contributed by atoms with van der Waals surface area (Å²) < 4.78 is 16.2. The summed E-state index contributed by atoms with van der Waals surface area (Å²) in [6.07, 6.45) is 0.848. The Balaban J connectivity index is 2.00. The fourth-order valence-electron chi connectivity index (χ4n) is 4.71. The first-order valence-electron chi connectivity index (χ1n) is 12.1. The topological polar surface area (TPSA) is 80.3 Å². The van der Waals surface area contributed by atoms with Crippen molar-refractivity contribution in [1.82, 2.24) is 15.1 Å². The normalized spacial score (nSPS) is 17.2. The molecule has 3 rings (SSSR count). The maximum Gasteiger partial charge on any atom is 0.254 e. The zero-order valence-corrected chi connectivity index (χ0v) is 21.6. The average molecular weight is 484 g/mol. The third kappa shape index (κ3) is 5.53. The van der Waals surface area contributed by atoms with E-state index < -0.39 is 12.0 Å². The summed E-state index contributed by atoms with van der Waals surface area (Å²) in [4.78, 5) is 31.1. The molecule has 190 valence electrons. The minimum absolute atomic E-state index is 0.127. The molecule has 8 heteroatoms. The van der Waals surface area contributed by atoms with Gasteiger partial charge in [0.25, 0.3) is 5.91 Å². The molecule has 0 aromatic heterocycles. The van der Waals surface area contributed by atoms with Crippen molar-refractivity contribution >= 4 is 11.8 Å². The second-order valence-corrected chi connectivity index (χ2v) is 8.58. The summed E-state index contributed by atoms with van der Waals surface area (Å²) in [5.74, 6) is 0.730. The number of benzene rings is 2. The highest BCUT2D eigenvalue weighted by molar-refractivity contribution is 6.02. The van der Waals surface area contributed by atoms with Gasteiger partial charge in [-0.2, -0.15) is 0 Å². The lowest BCUT2D eigenvalue weighted by atomic mass is 9.79. The van der Waals surface area contributed by atoms with Crippen LogP contribution in [0.5, 0.6) is 17.2 Å². The van der Waals surface area contributed by atoms with Gasteiger partial charge in [0.1, 0.15) is 5.75 Å². The van der Waals surface area contributed by atoms with Gasteiger partial charge in [-0.25, -0.2) is 0 Å². The lowest BCUT2D eigenvalue weighted by molar-refractivity contribution is -0.124. The minimum Gasteiger partial charge on any atom is -0.497 e. The Labute approximate surface area is 208 Å². The van der Waals surface area contributed by atoms with Gasteiger partial charge >= 0.3 is 0 Å². The largest absolute Gasteiger partial charge is 0.497 e. The van der Waals surface area contributed by atoms with Crippen LogP contribution in [0.2, 0.25) is 0 Å². The fraction of sp³-hybridized carbons (Fsp3) is 0.481. The summed E-state index contributed by atoms with van der Waals surface area (Å²) in [6, 6.07) is 10.4. The predicted octanol–water partition coefficient (Wildman–Crippen LogP) is 3.47. The van der Waals surface area contributed by atoms with Crippen LogP contribution in [-0.2, 0) is 4.79 Å². The van der Waals surface area contributed by atoms with E-state index in [1.54, 1.807) is 38.3 Å². The number of methoxy groups -OCH3 is 3. The van der Waals surface area contributed by atoms with Crippen LogP contribution < -0.4 is 19.5 Å². The van der Waals surface area contributed by atoms with E-state index in [0.29, 0.717) is 34.9 Å². The van der Waals surface area contributed by atoms with Gasteiger partial charge in [0.15, 0.2) is 11.5 Å². The number of nitrogens with one attached hydrogen (secondary N) is 1. The van der Waals surface area contributed by atoms with E-state index in [9.17, 15) is 9.59 Å². The molecule has 1 heterocycles. The first kappa shape index (κ1) is 26.3. The predicted molar refractivity (Wildman–Crippen MR) is 136 cm³/mol. The zero-order chi connectivity index (χ0) is 25.5. The van der Waals surface area contributed by atoms with E-state index in [0.717, 1.165) is 31.6 Å². The molecule has 2 aromatic rings. The highest BCUT2D eigenvalue weighted by atomic mass is 16.5. The molecular formula is C27H37N3O5. The zero-order valence-electron chi connectivity index (χ0n) is 21.6. The molecule has 35 heavy (non-hydrogen) atoms. The Morgan fingerprint density at radius 3 is 2.20 bits per heavy atom. The third-order valence-electron chi connectivity index (χ3n) is 6.76. The molecule has 0 saturated carbocycles. The molecule has 1 N–H and O–H groups in total. The van der Waals surface area contributed by atoms with Gasteiger partial charge in [0.2, 0.25) is 5.91 Å². The van der Waals surface area contributed by atoms with Gasteiger partial charge in [-0.05, 0) is 61.4 Å². The summed E-state index contributed by atoms with van der Waals surface area (Å²) in [7, 11) is 6.42. The van der Waals surface area contributed by atoms with Crippen molar-refractivity contribution in [1.29, 1.82) is 0 Å². The van der Waals surface area contributed by atoms with Crippen LogP contribution in [0, 0.1) is 0 Å². The van der Waals surface area contributed by atoms with E-state index in [-0.39, 0.29) is 11.8 Å². The fourth-order valence-corrected chi connectivity index (χ4v) is 4.71. The number of carbonyl (C=O) groups excluding carboxylic acids is 2. The highest BCUT2D eigenvalue weighted by Gasteiger charge is 2.43. The lowest BCUT2D eigenvalue weighted by Crippen LogP contribution is -2.46. The number of rotatable bonds is 11. The van der Waals surface area contributed by atoms with Crippen LogP contribution in [0.1, 0.15) is 53.7 Å². The maximum atomic E-state index is 13.7. The molecule has 1 aliphatic rings. The van der Waals surface area contributed by atoms with Crippen molar-refractivity contribution in [3.05, 3.63) is 53.1 Å². The number of ether oxygens (including phenoxy) is 3. The third-order valence-corrected chi connectivity index (χ3v) is 6.76. The minimum atomic E-state index is -0.616. The number of amides is 2. The molecule has 0 unspecified atom stereocenters. The van der Waals surface area contributed by atoms with Gasteiger partial charge in [-0.15, -0.1) is 0 Å². The van der Waals surface area contributed by atoms with Gasteiger partial charge in [0.05, 0.1) is 33.3 Å². The number of hydrogen-bond acceptors (Lipinski definition) is 6. The van der Waals surface area contributed by atoms with Gasteiger partial charge in [0, 0.05) is 19.2 Å². The molecule has 2 aromatic carbocycles. The van der Waals surface area contributed by atoms with Crippen molar-refractivity contribution in [2.45, 2.75) is 32.2 Å². The van der Waals surface area contributed by atoms with Crippen molar-refractivity contribution in [3.63, 3.8) is 0 Å². The second kappa shape index (κ2) is 11.9. The molecule has 0 saturated heterocycles. The van der Waals surface area contributed by atoms with Crippen molar-refractivity contribution < 1.29 is 23.8 Å². The number of hydrogen-bond donors (Lipinski definition) is 1. The van der Waals surface area contributed by atoms with Crippen LogP contribution >= 0.6 is 0 Å². The monoisotopic (exact) mass is 483 g/mol. The smallest absolute Gasteiger partial charge is 0.254 e. The van der Waals surface area contributed by atoms with E-state index in [1.807, 2.05) is 24.3 Å². The molecule has 2 amide bonds. The molecule has 1 aliphatic heterocycles. The number of likely N-dealkylation sites (N-methyl/N-ethyl adjacent to an activating group) is 1.